The molecule has 5 nitrogen and oxygen atoms in total. The van der Waals surface area contributed by atoms with Crippen molar-refractivity contribution in [3.8, 4) is 23.6 Å². The van der Waals surface area contributed by atoms with Crippen molar-refractivity contribution >= 4 is 11.6 Å². The minimum absolute atomic E-state index is 0.387. The summed E-state index contributed by atoms with van der Waals surface area (Å²) in [6, 6.07) is 16.9. The van der Waals surface area contributed by atoms with E-state index in [4.69, 9.17) is 26.9 Å². The van der Waals surface area contributed by atoms with Crippen molar-refractivity contribution in [3.63, 3.8) is 0 Å². The Labute approximate surface area is 163 Å². The normalized spacial score (nSPS) is 10.3. The van der Waals surface area contributed by atoms with E-state index in [1.54, 1.807) is 16.8 Å². The first kappa shape index (κ1) is 18.5. The molecule has 6 heteroatoms. The minimum Gasteiger partial charge on any atom is -0.489 e. The molecule has 3 rings (SSSR count). The molecular weight excluding hydrogens is 360 g/mol. The second kappa shape index (κ2) is 7.95. The molecule has 0 spiro atoms. The van der Waals surface area contributed by atoms with Crippen LogP contribution in [-0.2, 0) is 13.0 Å². The molecule has 2 aromatic carbocycles. The molecule has 0 atom stereocenters. The fourth-order valence-corrected chi connectivity index (χ4v) is 3.03. The van der Waals surface area contributed by atoms with Crippen LogP contribution in [0.4, 0.5) is 0 Å². The molecule has 1 aromatic heterocycles. The van der Waals surface area contributed by atoms with Crippen molar-refractivity contribution in [1.29, 1.82) is 10.5 Å². The highest BCUT2D eigenvalue weighted by Gasteiger charge is 2.14. The van der Waals surface area contributed by atoms with E-state index < -0.39 is 0 Å². The average Bonchev–Trinajstić information content (AvgIpc) is 2.95. The summed E-state index contributed by atoms with van der Waals surface area (Å²) in [7, 11) is 0. The van der Waals surface area contributed by atoms with Crippen LogP contribution in [0.1, 0.15) is 28.1 Å². The third kappa shape index (κ3) is 3.95. The Morgan fingerprint density at radius 2 is 1.85 bits per heavy atom. The first-order chi connectivity index (χ1) is 13.0. The molecule has 0 aliphatic heterocycles. The van der Waals surface area contributed by atoms with Crippen LogP contribution >= 0.6 is 11.6 Å². The van der Waals surface area contributed by atoms with Gasteiger partial charge in [-0.05, 0) is 49.7 Å². The van der Waals surface area contributed by atoms with Gasteiger partial charge in [0.25, 0.3) is 0 Å². The van der Waals surface area contributed by atoms with Gasteiger partial charge in [-0.15, -0.1) is 0 Å². The van der Waals surface area contributed by atoms with Crippen LogP contribution in [0.5, 0.6) is 5.75 Å². The lowest BCUT2D eigenvalue weighted by Gasteiger charge is -2.09. The van der Waals surface area contributed by atoms with E-state index in [-0.39, 0.29) is 0 Å². The third-order valence-corrected chi connectivity index (χ3v) is 4.66. The van der Waals surface area contributed by atoms with E-state index >= 15 is 0 Å². The summed E-state index contributed by atoms with van der Waals surface area (Å²) in [6.07, 6.45) is 0.387. The Balaban J connectivity index is 1.81. The first-order valence-corrected chi connectivity index (χ1v) is 8.75. The SMILES string of the molecule is Cc1nn(-c2ccc(C#N)c(Cl)c2)c(C)c1COc1ccc(CC#N)cc1. The third-order valence-electron chi connectivity index (χ3n) is 4.35. The Morgan fingerprint density at radius 1 is 1.11 bits per heavy atom. The molecule has 0 aliphatic rings. The number of ether oxygens (including phenoxy) is 1. The largest absolute Gasteiger partial charge is 0.489 e. The fourth-order valence-electron chi connectivity index (χ4n) is 2.81. The molecule has 0 bridgehead atoms. The molecule has 0 unspecified atom stereocenters. The maximum Gasteiger partial charge on any atom is 0.119 e. The van der Waals surface area contributed by atoms with Crippen molar-refractivity contribution in [3.05, 3.63) is 75.6 Å². The standard InChI is InChI=1S/C21H17ClN4O/c1-14-20(13-27-19-7-3-16(4-8-19)9-10-23)15(2)26(25-14)18-6-5-17(12-24)21(22)11-18/h3-8,11H,9,13H2,1-2H3. The lowest BCUT2D eigenvalue weighted by molar-refractivity contribution is 0.304. The summed E-state index contributed by atoms with van der Waals surface area (Å²) in [6.45, 7) is 4.30. The zero-order valence-corrected chi connectivity index (χ0v) is 15.8. The maximum atomic E-state index is 9.02. The topological polar surface area (TPSA) is 74.6 Å². The van der Waals surface area contributed by atoms with Gasteiger partial charge >= 0.3 is 0 Å². The van der Waals surface area contributed by atoms with Crippen molar-refractivity contribution < 1.29 is 4.74 Å². The number of benzene rings is 2. The Bertz CT molecular complexity index is 1060. The lowest BCUT2D eigenvalue weighted by Crippen LogP contribution is -2.02. The highest BCUT2D eigenvalue weighted by Crippen LogP contribution is 2.24. The summed E-state index contributed by atoms with van der Waals surface area (Å²) in [5, 5.41) is 22.7. The molecular formula is C21H17ClN4O. The van der Waals surface area contributed by atoms with Crippen molar-refractivity contribution in [2.75, 3.05) is 0 Å². The van der Waals surface area contributed by atoms with E-state index in [1.807, 2.05) is 44.2 Å². The van der Waals surface area contributed by atoms with E-state index in [0.29, 0.717) is 23.6 Å². The highest BCUT2D eigenvalue weighted by atomic mass is 35.5. The number of rotatable bonds is 5. The van der Waals surface area contributed by atoms with E-state index in [9.17, 15) is 0 Å². The molecule has 0 N–H and O–H groups in total. The van der Waals surface area contributed by atoms with Crippen LogP contribution in [0.25, 0.3) is 5.69 Å². The number of aromatic nitrogens is 2. The smallest absolute Gasteiger partial charge is 0.119 e. The number of hydrogen-bond donors (Lipinski definition) is 0. The van der Waals surface area contributed by atoms with Crippen molar-refractivity contribution in [2.45, 2.75) is 26.9 Å². The average molecular weight is 377 g/mol. The predicted octanol–water partition coefficient (Wildman–Crippen LogP) is 4.66. The second-order valence-corrected chi connectivity index (χ2v) is 6.51. The Kier molecular flexibility index (Phi) is 5.45. The van der Waals surface area contributed by atoms with Crippen LogP contribution in [-0.4, -0.2) is 9.78 Å². The van der Waals surface area contributed by atoms with Crippen LogP contribution in [0, 0.1) is 36.5 Å². The first-order valence-electron chi connectivity index (χ1n) is 8.37. The van der Waals surface area contributed by atoms with E-state index in [1.165, 1.54) is 0 Å². The number of halogens is 1. The number of hydrogen-bond acceptors (Lipinski definition) is 4. The molecule has 27 heavy (non-hydrogen) atoms. The fraction of sp³-hybridized carbons (Fsp3) is 0.190. The summed E-state index contributed by atoms with van der Waals surface area (Å²) in [4.78, 5) is 0. The van der Waals surface area contributed by atoms with Gasteiger partial charge in [0.15, 0.2) is 0 Å². The Hall–Kier alpha value is -3.28. The van der Waals surface area contributed by atoms with Gasteiger partial charge in [-0.1, -0.05) is 23.7 Å². The molecule has 0 radical (unpaired) electrons. The van der Waals surface area contributed by atoms with Gasteiger partial charge in [0.05, 0.1) is 34.5 Å². The van der Waals surface area contributed by atoms with Crippen LogP contribution in [0.3, 0.4) is 0 Å². The molecule has 0 fully saturated rings. The number of nitriles is 2. The molecule has 0 saturated carbocycles. The monoisotopic (exact) mass is 376 g/mol. The van der Waals surface area contributed by atoms with Gasteiger partial charge in [-0.2, -0.15) is 15.6 Å². The predicted molar refractivity (Wildman–Crippen MR) is 103 cm³/mol. The highest BCUT2D eigenvalue weighted by molar-refractivity contribution is 6.31. The van der Waals surface area contributed by atoms with Gasteiger partial charge < -0.3 is 4.74 Å². The summed E-state index contributed by atoms with van der Waals surface area (Å²) >= 11 is 6.15. The lowest BCUT2D eigenvalue weighted by atomic mass is 10.1. The molecule has 3 aromatic rings. The summed E-state index contributed by atoms with van der Waals surface area (Å²) < 4.78 is 7.69. The molecule has 0 amide bonds. The number of aryl methyl sites for hydroxylation is 1. The van der Waals surface area contributed by atoms with E-state index in [0.717, 1.165) is 34.0 Å². The quantitative estimate of drug-likeness (QED) is 0.649. The van der Waals surface area contributed by atoms with Crippen LogP contribution in [0.15, 0.2) is 42.5 Å². The van der Waals surface area contributed by atoms with Gasteiger partial charge in [-0.3, -0.25) is 0 Å². The van der Waals surface area contributed by atoms with Crippen LogP contribution < -0.4 is 4.74 Å². The van der Waals surface area contributed by atoms with Gasteiger partial charge in [0, 0.05) is 11.3 Å². The second-order valence-electron chi connectivity index (χ2n) is 6.10. The minimum atomic E-state index is 0.387. The molecule has 134 valence electrons. The van der Waals surface area contributed by atoms with Crippen molar-refractivity contribution in [1.82, 2.24) is 9.78 Å². The van der Waals surface area contributed by atoms with Crippen LogP contribution in [0.2, 0.25) is 5.02 Å². The Morgan fingerprint density at radius 3 is 2.48 bits per heavy atom. The molecule has 1 heterocycles. The summed E-state index contributed by atoms with van der Waals surface area (Å²) in [5.41, 5.74) is 5.01. The van der Waals surface area contributed by atoms with E-state index in [2.05, 4.69) is 17.2 Å². The van der Waals surface area contributed by atoms with Crippen molar-refractivity contribution in [2.24, 2.45) is 0 Å². The summed E-state index contributed by atoms with van der Waals surface area (Å²) in [5.74, 6) is 0.740. The van der Waals surface area contributed by atoms with Gasteiger partial charge in [0.1, 0.15) is 18.4 Å². The zero-order chi connectivity index (χ0) is 19.4. The zero-order valence-electron chi connectivity index (χ0n) is 15.0. The molecule has 0 aliphatic carbocycles. The molecule has 0 saturated heterocycles. The van der Waals surface area contributed by atoms with Gasteiger partial charge in [-0.25, -0.2) is 4.68 Å². The van der Waals surface area contributed by atoms with Gasteiger partial charge in [0.2, 0.25) is 0 Å². The maximum absolute atomic E-state index is 9.02. The number of nitrogens with zero attached hydrogens (tertiary/aromatic N) is 4.